The van der Waals surface area contributed by atoms with Crippen molar-refractivity contribution < 1.29 is 9.90 Å². The molecule has 5 heteroatoms. The Bertz CT molecular complexity index is 377. The summed E-state index contributed by atoms with van der Waals surface area (Å²) in [6.07, 6.45) is 6.84. The van der Waals surface area contributed by atoms with Gasteiger partial charge in [0.1, 0.15) is 11.6 Å². The van der Waals surface area contributed by atoms with Crippen molar-refractivity contribution in [3.05, 3.63) is 11.8 Å². The monoisotopic (exact) mass is 265 g/mol. The molecule has 1 fully saturated rings. The van der Waals surface area contributed by atoms with Crippen molar-refractivity contribution in [1.29, 1.82) is 5.26 Å². The Labute approximate surface area is 114 Å². The first kappa shape index (κ1) is 15.5. The van der Waals surface area contributed by atoms with Crippen LogP contribution < -0.4 is 10.6 Å². The Balaban J connectivity index is 2.56. The molecule has 0 aliphatic heterocycles. The molecule has 0 aromatic heterocycles. The SMILES string of the molecule is CC(C)(CO)N/C=C(/C#N)C(=O)NC1CCCCC1. The van der Waals surface area contributed by atoms with E-state index in [9.17, 15) is 4.79 Å². The highest BCUT2D eigenvalue weighted by Crippen LogP contribution is 2.17. The van der Waals surface area contributed by atoms with Gasteiger partial charge in [-0.3, -0.25) is 4.79 Å². The van der Waals surface area contributed by atoms with Crippen molar-refractivity contribution in [3.63, 3.8) is 0 Å². The number of hydrogen-bond donors (Lipinski definition) is 3. The third-order valence-electron chi connectivity index (χ3n) is 3.31. The summed E-state index contributed by atoms with van der Waals surface area (Å²) in [4.78, 5) is 11.9. The molecule has 0 saturated heterocycles. The van der Waals surface area contributed by atoms with E-state index in [1.165, 1.54) is 12.6 Å². The molecule has 0 heterocycles. The summed E-state index contributed by atoms with van der Waals surface area (Å²) >= 11 is 0. The van der Waals surface area contributed by atoms with Crippen molar-refractivity contribution in [2.75, 3.05) is 6.61 Å². The minimum atomic E-state index is -0.548. The minimum Gasteiger partial charge on any atom is -0.394 e. The van der Waals surface area contributed by atoms with Gasteiger partial charge in [0.15, 0.2) is 0 Å². The fraction of sp³-hybridized carbons (Fsp3) is 0.714. The molecule has 0 radical (unpaired) electrons. The van der Waals surface area contributed by atoms with Crippen molar-refractivity contribution >= 4 is 5.91 Å². The summed E-state index contributed by atoms with van der Waals surface area (Å²) in [5.74, 6) is -0.337. The van der Waals surface area contributed by atoms with E-state index in [0.29, 0.717) is 0 Å². The molecule has 0 spiro atoms. The second kappa shape index (κ2) is 7.15. The number of aliphatic hydroxyl groups excluding tert-OH is 1. The second-order valence-corrected chi connectivity index (χ2v) is 5.66. The number of nitrogens with zero attached hydrogens (tertiary/aromatic N) is 1. The van der Waals surface area contributed by atoms with E-state index < -0.39 is 5.54 Å². The topological polar surface area (TPSA) is 85.2 Å². The summed E-state index contributed by atoms with van der Waals surface area (Å²) in [7, 11) is 0. The Morgan fingerprint density at radius 1 is 1.42 bits per heavy atom. The van der Waals surface area contributed by atoms with Crippen LogP contribution in [0.5, 0.6) is 0 Å². The maximum absolute atomic E-state index is 11.9. The van der Waals surface area contributed by atoms with Gasteiger partial charge in [-0.15, -0.1) is 0 Å². The Morgan fingerprint density at radius 3 is 2.58 bits per heavy atom. The molecule has 0 unspecified atom stereocenters. The van der Waals surface area contributed by atoms with Crippen LogP contribution in [-0.4, -0.2) is 29.2 Å². The van der Waals surface area contributed by atoms with Gasteiger partial charge in [0.2, 0.25) is 0 Å². The van der Waals surface area contributed by atoms with Crippen LogP contribution in [0.1, 0.15) is 46.0 Å². The molecule has 19 heavy (non-hydrogen) atoms. The molecule has 1 rings (SSSR count). The number of carbonyl (C=O) groups is 1. The van der Waals surface area contributed by atoms with Crippen LogP contribution in [0.2, 0.25) is 0 Å². The Hall–Kier alpha value is -1.54. The minimum absolute atomic E-state index is 0.0482. The van der Waals surface area contributed by atoms with Gasteiger partial charge < -0.3 is 15.7 Å². The first-order chi connectivity index (χ1) is 8.98. The highest BCUT2D eigenvalue weighted by atomic mass is 16.3. The van der Waals surface area contributed by atoms with Gasteiger partial charge in [-0.25, -0.2) is 0 Å². The fourth-order valence-corrected chi connectivity index (χ4v) is 1.97. The molecule has 106 valence electrons. The van der Waals surface area contributed by atoms with Crippen molar-refractivity contribution in [2.24, 2.45) is 0 Å². The normalized spacial score (nSPS) is 17.7. The van der Waals surface area contributed by atoms with E-state index in [0.717, 1.165) is 25.7 Å². The van der Waals surface area contributed by atoms with E-state index in [-0.39, 0.29) is 24.1 Å². The lowest BCUT2D eigenvalue weighted by Gasteiger charge is -2.24. The van der Waals surface area contributed by atoms with Crippen LogP contribution in [0.4, 0.5) is 0 Å². The zero-order valence-corrected chi connectivity index (χ0v) is 11.7. The molecule has 5 nitrogen and oxygen atoms in total. The molecular formula is C14H23N3O2. The van der Waals surface area contributed by atoms with Gasteiger partial charge in [0, 0.05) is 12.2 Å². The average molecular weight is 265 g/mol. The number of nitriles is 1. The van der Waals surface area contributed by atoms with Crippen molar-refractivity contribution in [1.82, 2.24) is 10.6 Å². The molecule has 0 atom stereocenters. The third kappa shape index (κ3) is 5.31. The molecular weight excluding hydrogens is 242 g/mol. The highest BCUT2D eigenvalue weighted by Gasteiger charge is 2.19. The maximum atomic E-state index is 11.9. The predicted octanol–water partition coefficient (Wildman–Crippen LogP) is 1.20. The first-order valence-corrected chi connectivity index (χ1v) is 6.78. The number of carbonyl (C=O) groups excluding carboxylic acids is 1. The lowest BCUT2D eigenvalue weighted by Crippen LogP contribution is -2.41. The van der Waals surface area contributed by atoms with E-state index in [1.807, 2.05) is 6.07 Å². The van der Waals surface area contributed by atoms with E-state index in [1.54, 1.807) is 13.8 Å². The summed E-state index contributed by atoms with van der Waals surface area (Å²) in [5.41, 5.74) is -0.500. The summed E-state index contributed by atoms with van der Waals surface area (Å²) < 4.78 is 0. The quantitative estimate of drug-likeness (QED) is 0.515. The highest BCUT2D eigenvalue weighted by molar-refractivity contribution is 5.97. The Morgan fingerprint density at radius 2 is 2.05 bits per heavy atom. The zero-order valence-electron chi connectivity index (χ0n) is 11.7. The molecule has 1 aliphatic rings. The molecule has 1 amide bonds. The van der Waals surface area contributed by atoms with Crippen molar-refractivity contribution in [3.8, 4) is 6.07 Å². The average Bonchev–Trinajstić information content (AvgIpc) is 2.40. The predicted molar refractivity (Wildman–Crippen MR) is 73.0 cm³/mol. The van der Waals surface area contributed by atoms with Crippen LogP contribution in [0, 0.1) is 11.3 Å². The molecule has 0 aromatic carbocycles. The smallest absolute Gasteiger partial charge is 0.263 e. The molecule has 0 bridgehead atoms. The molecule has 1 saturated carbocycles. The second-order valence-electron chi connectivity index (χ2n) is 5.66. The van der Waals surface area contributed by atoms with Crippen LogP contribution in [0.15, 0.2) is 11.8 Å². The van der Waals surface area contributed by atoms with Gasteiger partial charge in [-0.05, 0) is 26.7 Å². The van der Waals surface area contributed by atoms with E-state index in [2.05, 4.69) is 10.6 Å². The summed E-state index contributed by atoms with van der Waals surface area (Å²) in [5, 5.41) is 23.9. The number of rotatable bonds is 5. The molecule has 0 aromatic rings. The third-order valence-corrected chi connectivity index (χ3v) is 3.31. The lowest BCUT2D eigenvalue weighted by molar-refractivity contribution is -0.118. The first-order valence-electron chi connectivity index (χ1n) is 6.78. The Kier molecular flexibility index (Phi) is 5.84. The number of nitrogens with one attached hydrogen (secondary N) is 2. The van der Waals surface area contributed by atoms with Gasteiger partial charge in [0.25, 0.3) is 5.91 Å². The van der Waals surface area contributed by atoms with Gasteiger partial charge >= 0.3 is 0 Å². The largest absolute Gasteiger partial charge is 0.394 e. The zero-order chi connectivity index (χ0) is 14.3. The van der Waals surface area contributed by atoms with Crippen LogP contribution >= 0.6 is 0 Å². The van der Waals surface area contributed by atoms with Crippen LogP contribution in [-0.2, 0) is 4.79 Å². The standard InChI is InChI=1S/C14H23N3O2/c1-14(2,10-18)16-9-11(8-15)13(19)17-12-6-4-3-5-7-12/h9,12,16,18H,3-7,10H2,1-2H3,(H,17,19)/b11-9-. The summed E-state index contributed by atoms with van der Waals surface area (Å²) in [6.45, 7) is 3.50. The number of amides is 1. The molecule has 3 N–H and O–H groups in total. The van der Waals surface area contributed by atoms with E-state index in [4.69, 9.17) is 10.4 Å². The van der Waals surface area contributed by atoms with Gasteiger partial charge in [-0.1, -0.05) is 19.3 Å². The van der Waals surface area contributed by atoms with Crippen LogP contribution in [0.25, 0.3) is 0 Å². The maximum Gasteiger partial charge on any atom is 0.263 e. The molecule has 1 aliphatic carbocycles. The van der Waals surface area contributed by atoms with Crippen LogP contribution in [0.3, 0.4) is 0 Å². The lowest BCUT2D eigenvalue weighted by atomic mass is 9.95. The summed E-state index contributed by atoms with van der Waals surface area (Å²) in [6, 6.07) is 2.08. The fourth-order valence-electron chi connectivity index (χ4n) is 1.97. The number of aliphatic hydroxyl groups is 1. The van der Waals surface area contributed by atoms with Gasteiger partial charge in [-0.2, -0.15) is 5.26 Å². The number of hydrogen-bond acceptors (Lipinski definition) is 4. The van der Waals surface area contributed by atoms with Crippen molar-refractivity contribution in [2.45, 2.75) is 57.5 Å². The van der Waals surface area contributed by atoms with E-state index >= 15 is 0 Å². The van der Waals surface area contributed by atoms with Gasteiger partial charge in [0.05, 0.1) is 12.1 Å².